The first-order valence-electron chi connectivity index (χ1n) is 7.44. The van der Waals surface area contributed by atoms with Crippen molar-refractivity contribution in [3.63, 3.8) is 0 Å². The molecule has 2 heterocycles. The van der Waals surface area contributed by atoms with Crippen LogP contribution in [0, 0.1) is 10.1 Å². The summed E-state index contributed by atoms with van der Waals surface area (Å²) in [6.07, 6.45) is 0. The molecule has 27 heavy (non-hydrogen) atoms. The highest BCUT2D eigenvalue weighted by Crippen LogP contribution is 2.37. The van der Waals surface area contributed by atoms with Gasteiger partial charge in [-0.2, -0.15) is 17.2 Å². The summed E-state index contributed by atoms with van der Waals surface area (Å²) in [6, 6.07) is 11.9. The van der Waals surface area contributed by atoms with Crippen molar-refractivity contribution in [1.82, 2.24) is 8.75 Å². The summed E-state index contributed by atoms with van der Waals surface area (Å²) >= 11 is 2.22. The molecule has 0 aliphatic heterocycles. The third kappa shape index (κ3) is 3.27. The Balaban J connectivity index is 1.82. The average molecular weight is 419 g/mol. The molecular formula is C16H9N3O5S3. The van der Waals surface area contributed by atoms with Crippen molar-refractivity contribution in [3.05, 3.63) is 64.0 Å². The molecule has 0 radical (unpaired) electrons. The minimum Gasteiger partial charge on any atom is -0.378 e. The van der Waals surface area contributed by atoms with Crippen molar-refractivity contribution in [1.29, 1.82) is 0 Å². The molecule has 11 heteroatoms. The lowest BCUT2D eigenvalue weighted by Gasteiger charge is -2.11. The van der Waals surface area contributed by atoms with E-state index in [9.17, 15) is 18.5 Å². The molecule has 0 bridgehead atoms. The van der Waals surface area contributed by atoms with Crippen molar-refractivity contribution >= 4 is 49.9 Å². The molecule has 0 saturated heterocycles. The number of non-ortho nitro benzene ring substituents is 1. The van der Waals surface area contributed by atoms with Gasteiger partial charge in [0.05, 0.1) is 16.7 Å². The van der Waals surface area contributed by atoms with Gasteiger partial charge < -0.3 is 4.18 Å². The molecule has 4 aromatic rings. The second-order valence-corrected chi connectivity index (χ2v) is 8.33. The Labute approximate surface area is 161 Å². The Hall–Kier alpha value is -2.89. The third-order valence-corrected chi connectivity index (χ3v) is 6.39. The maximum atomic E-state index is 12.8. The van der Waals surface area contributed by atoms with Crippen molar-refractivity contribution in [3.8, 4) is 16.2 Å². The maximum Gasteiger partial charge on any atom is 0.341 e. The smallest absolute Gasteiger partial charge is 0.341 e. The topological polar surface area (TPSA) is 112 Å². The minimum atomic E-state index is -4.22. The molecule has 0 spiro atoms. The molecule has 0 aliphatic rings. The normalized spacial score (nSPS) is 11.6. The number of hydrogen-bond donors (Lipinski definition) is 0. The Morgan fingerprint density at radius 1 is 1.07 bits per heavy atom. The zero-order chi connectivity index (χ0) is 19.0. The second kappa shape index (κ2) is 6.68. The molecule has 0 saturated carbocycles. The molecule has 0 aliphatic carbocycles. The number of nitrogens with zero attached hydrogens (tertiary/aromatic N) is 3. The van der Waals surface area contributed by atoms with Gasteiger partial charge in [-0.1, -0.05) is 12.1 Å². The van der Waals surface area contributed by atoms with Crippen LogP contribution < -0.4 is 4.18 Å². The highest BCUT2D eigenvalue weighted by Gasteiger charge is 2.24. The van der Waals surface area contributed by atoms with Gasteiger partial charge in [-0.3, -0.25) is 10.1 Å². The minimum absolute atomic E-state index is 0.00300. The highest BCUT2D eigenvalue weighted by atomic mass is 32.2. The molecule has 2 aromatic carbocycles. The Kier molecular flexibility index (Phi) is 4.34. The van der Waals surface area contributed by atoms with E-state index < -0.39 is 15.0 Å². The van der Waals surface area contributed by atoms with E-state index in [0.29, 0.717) is 16.0 Å². The van der Waals surface area contributed by atoms with E-state index >= 15 is 0 Å². The Morgan fingerprint density at radius 2 is 1.93 bits per heavy atom. The van der Waals surface area contributed by atoms with Gasteiger partial charge in [0.2, 0.25) is 0 Å². The summed E-state index contributed by atoms with van der Waals surface area (Å²) < 4.78 is 39.1. The number of fused-ring (bicyclic) bond motifs is 1. The monoisotopic (exact) mass is 419 g/mol. The van der Waals surface area contributed by atoms with E-state index in [0.717, 1.165) is 11.7 Å². The van der Waals surface area contributed by atoms with Crippen LogP contribution in [0.2, 0.25) is 0 Å². The lowest BCUT2D eigenvalue weighted by molar-refractivity contribution is -0.384. The maximum absolute atomic E-state index is 12.8. The number of benzene rings is 2. The zero-order valence-corrected chi connectivity index (χ0v) is 15.8. The van der Waals surface area contributed by atoms with Gasteiger partial charge in [0.25, 0.3) is 5.69 Å². The largest absolute Gasteiger partial charge is 0.378 e. The molecule has 4 rings (SSSR count). The van der Waals surface area contributed by atoms with Gasteiger partial charge in [-0.25, -0.2) is 0 Å². The van der Waals surface area contributed by atoms with Crippen LogP contribution in [0.1, 0.15) is 0 Å². The van der Waals surface area contributed by atoms with Crippen LogP contribution in [0.15, 0.2) is 58.8 Å². The number of nitro groups is 1. The van der Waals surface area contributed by atoms with E-state index in [2.05, 4.69) is 8.75 Å². The van der Waals surface area contributed by atoms with Crippen LogP contribution in [-0.4, -0.2) is 22.1 Å². The number of thiophene rings is 1. The molecule has 8 nitrogen and oxygen atoms in total. The number of rotatable bonds is 5. The molecule has 0 fully saturated rings. The van der Waals surface area contributed by atoms with Crippen LogP contribution in [0.4, 0.5) is 5.69 Å². The fourth-order valence-electron chi connectivity index (χ4n) is 2.47. The highest BCUT2D eigenvalue weighted by molar-refractivity contribution is 7.87. The fraction of sp³-hybridized carbons (Fsp3) is 0. The molecule has 2 aromatic heterocycles. The first-order chi connectivity index (χ1) is 13.0. The predicted octanol–water partition coefficient (Wildman–Crippen LogP) is 4.10. The SMILES string of the molecule is O=[N+]([O-])c1ccc(OS(=O)(=O)c2cccc3nsnc23)c(-c2cccs2)c1. The first-order valence-corrected chi connectivity index (χ1v) is 10.5. The first kappa shape index (κ1) is 17.5. The zero-order valence-electron chi connectivity index (χ0n) is 13.3. The summed E-state index contributed by atoms with van der Waals surface area (Å²) in [6.45, 7) is 0. The number of hydrogen-bond acceptors (Lipinski definition) is 9. The van der Waals surface area contributed by atoms with E-state index in [-0.39, 0.29) is 21.8 Å². The second-order valence-electron chi connectivity index (χ2n) is 5.34. The van der Waals surface area contributed by atoms with Crippen LogP contribution in [0.5, 0.6) is 5.75 Å². The van der Waals surface area contributed by atoms with Gasteiger partial charge in [0.1, 0.15) is 15.9 Å². The van der Waals surface area contributed by atoms with Gasteiger partial charge in [-0.05, 0) is 29.6 Å². The number of nitro benzene ring substituents is 1. The molecule has 0 amide bonds. The Bertz CT molecular complexity index is 1250. The van der Waals surface area contributed by atoms with Crippen molar-refractivity contribution < 1.29 is 17.5 Å². The van der Waals surface area contributed by atoms with Crippen molar-refractivity contribution in [2.24, 2.45) is 0 Å². The predicted molar refractivity (Wildman–Crippen MR) is 102 cm³/mol. The summed E-state index contributed by atoms with van der Waals surface area (Å²) in [5.74, 6) is 0.00300. The fourth-order valence-corrected chi connectivity index (χ4v) is 4.93. The quantitative estimate of drug-likeness (QED) is 0.272. The van der Waals surface area contributed by atoms with Gasteiger partial charge in [0, 0.05) is 22.6 Å². The van der Waals surface area contributed by atoms with E-state index in [1.54, 1.807) is 29.6 Å². The third-order valence-electron chi connectivity index (χ3n) is 3.68. The van der Waals surface area contributed by atoms with Crippen LogP contribution >= 0.6 is 23.1 Å². The lowest BCUT2D eigenvalue weighted by atomic mass is 10.1. The average Bonchev–Trinajstić information content (AvgIpc) is 3.32. The van der Waals surface area contributed by atoms with Gasteiger partial charge >= 0.3 is 10.1 Å². The van der Waals surface area contributed by atoms with Crippen LogP contribution in [0.25, 0.3) is 21.5 Å². The molecule has 0 N–H and O–H groups in total. The lowest BCUT2D eigenvalue weighted by Crippen LogP contribution is -2.11. The van der Waals surface area contributed by atoms with Crippen molar-refractivity contribution in [2.45, 2.75) is 4.90 Å². The standard InChI is InChI=1S/C16H9N3O5S3/c20-19(21)10-6-7-13(11(9-10)14-4-2-8-25-14)24-27(22,23)15-5-1-3-12-16(15)18-26-17-12/h1-9H. The number of aromatic nitrogens is 2. The van der Waals surface area contributed by atoms with Crippen LogP contribution in [0.3, 0.4) is 0 Å². The van der Waals surface area contributed by atoms with Gasteiger partial charge in [0.15, 0.2) is 5.75 Å². The van der Waals surface area contributed by atoms with Gasteiger partial charge in [-0.15, -0.1) is 11.3 Å². The van der Waals surface area contributed by atoms with E-state index in [4.69, 9.17) is 4.18 Å². The van der Waals surface area contributed by atoms with Crippen molar-refractivity contribution in [2.75, 3.05) is 0 Å². The summed E-state index contributed by atoms with van der Waals surface area (Å²) in [5.41, 5.74) is 0.842. The molecule has 136 valence electrons. The summed E-state index contributed by atoms with van der Waals surface area (Å²) in [7, 11) is -4.22. The van der Waals surface area contributed by atoms with E-state index in [1.807, 2.05) is 0 Å². The summed E-state index contributed by atoms with van der Waals surface area (Å²) in [4.78, 5) is 11.1. The van der Waals surface area contributed by atoms with E-state index in [1.165, 1.54) is 35.6 Å². The Morgan fingerprint density at radius 3 is 2.67 bits per heavy atom. The molecule has 0 unspecified atom stereocenters. The van der Waals surface area contributed by atoms with Crippen LogP contribution in [-0.2, 0) is 10.1 Å². The molecular weight excluding hydrogens is 410 g/mol. The summed E-state index contributed by atoms with van der Waals surface area (Å²) in [5, 5.41) is 12.9. The molecule has 0 atom stereocenters.